The van der Waals surface area contributed by atoms with Crippen LogP contribution < -0.4 is 16.0 Å². The first-order valence-electron chi connectivity index (χ1n) is 10.6. The second kappa shape index (κ2) is 9.87. The maximum absolute atomic E-state index is 12.7. The number of nitrogens with one attached hydrogen (secondary N) is 3. The Balaban J connectivity index is 1.37. The number of hydrogen-bond acceptors (Lipinski definition) is 4. The summed E-state index contributed by atoms with van der Waals surface area (Å²) in [6.45, 7) is 1.58. The molecule has 3 N–H and O–H groups in total. The number of thioether (sulfide) groups is 1. The minimum absolute atomic E-state index is 0.0402. The summed E-state index contributed by atoms with van der Waals surface area (Å²) < 4.78 is 0. The van der Waals surface area contributed by atoms with E-state index in [0.29, 0.717) is 29.0 Å². The summed E-state index contributed by atoms with van der Waals surface area (Å²) in [6.07, 6.45) is 4.90. The Morgan fingerprint density at radius 3 is 2.29 bits per heavy atom. The third-order valence-electron chi connectivity index (χ3n) is 5.39. The number of nitrogens with zero attached hydrogens (tertiary/aromatic N) is 1. The normalized spacial score (nSPS) is 16.4. The number of urea groups is 1. The van der Waals surface area contributed by atoms with Gasteiger partial charge in [-0.15, -0.1) is 11.8 Å². The third-order valence-corrected chi connectivity index (χ3v) is 6.47. The summed E-state index contributed by atoms with van der Waals surface area (Å²) in [4.78, 5) is 39.7. The second-order valence-electron chi connectivity index (χ2n) is 7.72. The molecule has 4 amide bonds. The van der Waals surface area contributed by atoms with E-state index in [0.717, 1.165) is 36.6 Å². The predicted octanol–water partition coefficient (Wildman–Crippen LogP) is 4.78. The van der Waals surface area contributed by atoms with Crippen LogP contribution >= 0.6 is 11.8 Å². The van der Waals surface area contributed by atoms with Gasteiger partial charge in [-0.2, -0.15) is 0 Å². The fourth-order valence-corrected chi connectivity index (χ4v) is 4.61. The number of likely N-dealkylation sites (tertiary alicyclic amines) is 1. The number of amides is 4. The molecule has 1 saturated heterocycles. The molecule has 2 heterocycles. The highest BCUT2D eigenvalue weighted by atomic mass is 32.2. The first-order valence-corrected chi connectivity index (χ1v) is 11.6. The van der Waals surface area contributed by atoms with Gasteiger partial charge in [-0.3, -0.25) is 9.59 Å². The van der Waals surface area contributed by atoms with Gasteiger partial charge in [0.1, 0.15) is 0 Å². The fourth-order valence-electron chi connectivity index (χ4n) is 3.68. The zero-order valence-electron chi connectivity index (χ0n) is 17.3. The number of hydrogen-bond donors (Lipinski definition) is 3. The molecule has 31 heavy (non-hydrogen) atoms. The highest BCUT2D eigenvalue weighted by Crippen LogP contribution is 2.31. The SMILES string of the molecule is O=C1CCSc2ccc(C(=O)Nc3ccc(NC(=O)N4CCCCCC4)cc3)cc2N1. The van der Waals surface area contributed by atoms with Gasteiger partial charge < -0.3 is 20.9 Å². The lowest BCUT2D eigenvalue weighted by atomic mass is 10.1. The van der Waals surface area contributed by atoms with Gasteiger partial charge in [-0.1, -0.05) is 12.8 Å². The molecule has 0 aliphatic carbocycles. The Morgan fingerprint density at radius 1 is 0.903 bits per heavy atom. The zero-order chi connectivity index (χ0) is 21.6. The summed E-state index contributed by atoms with van der Waals surface area (Å²) in [7, 11) is 0. The zero-order valence-corrected chi connectivity index (χ0v) is 18.1. The molecule has 2 aromatic rings. The van der Waals surface area contributed by atoms with E-state index in [1.165, 1.54) is 12.8 Å². The number of carbonyl (C=O) groups excluding carboxylic acids is 3. The van der Waals surface area contributed by atoms with Crippen LogP contribution in [0.15, 0.2) is 47.4 Å². The molecule has 0 aromatic heterocycles. The van der Waals surface area contributed by atoms with Crippen molar-refractivity contribution in [3.63, 3.8) is 0 Å². The molecule has 8 heteroatoms. The van der Waals surface area contributed by atoms with Crippen molar-refractivity contribution in [3.05, 3.63) is 48.0 Å². The van der Waals surface area contributed by atoms with Gasteiger partial charge in [0.05, 0.1) is 5.69 Å². The van der Waals surface area contributed by atoms with Crippen LogP contribution in [0.3, 0.4) is 0 Å². The molecule has 0 unspecified atom stereocenters. The van der Waals surface area contributed by atoms with Gasteiger partial charge in [0.2, 0.25) is 5.91 Å². The Morgan fingerprint density at radius 2 is 1.58 bits per heavy atom. The van der Waals surface area contributed by atoms with Crippen LogP contribution in [0.1, 0.15) is 42.5 Å². The van der Waals surface area contributed by atoms with Crippen molar-refractivity contribution in [2.45, 2.75) is 37.0 Å². The van der Waals surface area contributed by atoms with Gasteiger partial charge in [-0.05, 0) is 55.3 Å². The molecule has 0 saturated carbocycles. The fraction of sp³-hybridized carbons (Fsp3) is 0.348. The molecule has 4 rings (SSSR count). The maximum atomic E-state index is 12.7. The average molecular weight is 439 g/mol. The number of anilines is 3. The number of benzene rings is 2. The van der Waals surface area contributed by atoms with E-state index in [1.807, 2.05) is 11.0 Å². The summed E-state index contributed by atoms with van der Waals surface area (Å²) >= 11 is 1.60. The second-order valence-corrected chi connectivity index (χ2v) is 8.86. The van der Waals surface area contributed by atoms with Gasteiger partial charge in [-0.25, -0.2) is 4.79 Å². The molecular weight excluding hydrogens is 412 g/mol. The van der Waals surface area contributed by atoms with E-state index in [4.69, 9.17) is 0 Å². The standard InChI is InChI=1S/C23H26N4O3S/c28-21-11-14-31-20-10-5-16(15-19(20)26-21)22(29)24-17-6-8-18(9-7-17)25-23(30)27-12-3-1-2-4-13-27/h5-10,15H,1-4,11-14H2,(H,24,29)(H,25,30)(H,26,28). The molecule has 2 aliphatic rings. The van der Waals surface area contributed by atoms with Crippen LogP contribution in [0.25, 0.3) is 0 Å². The summed E-state index contributed by atoms with van der Waals surface area (Å²) in [6, 6.07) is 12.3. The van der Waals surface area contributed by atoms with E-state index in [9.17, 15) is 14.4 Å². The van der Waals surface area contributed by atoms with E-state index < -0.39 is 0 Å². The van der Waals surface area contributed by atoms with E-state index in [-0.39, 0.29) is 17.8 Å². The lowest BCUT2D eigenvalue weighted by Gasteiger charge is -2.20. The Bertz CT molecular complexity index is 969. The van der Waals surface area contributed by atoms with Crippen molar-refractivity contribution in [2.24, 2.45) is 0 Å². The van der Waals surface area contributed by atoms with Crippen LogP contribution in [0, 0.1) is 0 Å². The van der Waals surface area contributed by atoms with Crippen molar-refractivity contribution < 1.29 is 14.4 Å². The molecule has 0 bridgehead atoms. The topological polar surface area (TPSA) is 90.5 Å². The van der Waals surface area contributed by atoms with E-state index in [1.54, 1.807) is 48.2 Å². The van der Waals surface area contributed by atoms with Crippen LogP contribution in [0.4, 0.5) is 21.9 Å². The number of carbonyl (C=O) groups is 3. The Hall–Kier alpha value is -3.00. The minimum atomic E-state index is -0.257. The van der Waals surface area contributed by atoms with Crippen LogP contribution in [0.2, 0.25) is 0 Å². The monoisotopic (exact) mass is 438 g/mol. The van der Waals surface area contributed by atoms with Crippen molar-refractivity contribution in [2.75, 3.05) is 34.8 Å². The minimum Gasteiger partial charge on any atom is -0.325 e. The van der Waals surface area contributed by atoms with Crippen molar-refractivity contribution in [1.82, 2.24) is 4.90 Å². The molecule has 7 nitrogen and oxygen atoms in total. The third kappa shape index (κ3) is 5.58. The van der Waals surface area contributed by atoms with Gasteiger partial charge >= 0.3 is 6.03 Å². The lowest BCUT2D eigenvalue weighted by Crippen LogP contribution is -2.35. The Kier molecular flexibility index (Phi) is 6.76. The molecule has 0 spiro atoms. The van der Waals surface area contributed by atoms with Crippen molar-refractivity contribution >= 4 is 46.7 Å². The molecule has 162 valence electrons. The molecule has 1 fully saturated rings. The van der Waals surface area contributed by atoms with Crippen molar-refractivity contribution in [3.8, 4) is 0 Å². The first-order chi connectivity index (χ1) is 15.1. The van der Waals surface area contributed by atoms with Crippen molar-refractivity contribution in [1.29, 1.82) is 0 Å². The van der Waals surface area contributed by atoms with Gasteiger partial charge in [0, 0.05) is 47.1 Å². The number of fused-ring (bicyclic) bond motifs is 1. The molecule has 0 atom stereocenters. The quantitative estimate of drug-likeness (QED) is 0.643. The van der Waals surface area contributed by atoms with Gasteiger partial charge in [0.25, 0.3) is 5.91 Å². The molecule has 2 aromatic carbocycles. The molecule has 2 aliphatic heterocycles. The van der Waals surface area contributed by atoms with Crippen LogP contribution in [-0.4, -0.2) is 41.6 Å². The van der Waals surface area contributed by atoms with E-state index in [2.05, 4.69) is 16.0 Å². The average Bonchev–Trinajstić information content (AvgIpc) is 3.15. The largest absolute Gasteiger partial charge is 0.325 e. The molecular formula is C23H26N4O3S. The predicted molar refractivity (Wildman–Crippen MR) is 124 cm³/mol. The van der Waals surface area contributed by atoms with E-state index >= 15 is 0 Å². The number of rotatable bonds is 3. The summed E-state index contributed by atoms with van der Waals surface area (Å²) in [5, 5.41) is 8.64. The van der Waals surface area contributed by atoms with Gasteiger partial charge in [0.15, 0.2) is 0 Å². The highest BCUT2D eigenvalue weighted by Gasteiger charge is 2.17. The first kappa shape index (κ1) is 21.2. The maximum Gasteiger partial charge on any atom is 0.321 e. The smallest absolute Gasteiger partial charge is 0.321 e. The Labute approximate surface area is 186 Å². The van der Waals surface area contributed by atoms with Crippen LogP contribution in [-0.2, 0) is 4.79 Å². The lowest BCUT2D eigenvalue weighted by molar-refractivity contribution is -0.115. The highest BCUT2D eigenvalue weighted by molar-refractivity contribution is 7.99. The van der Waals surface area contributed by atoms with Crippen LogP contribution in [0.5, 0.6) is 0 Å². The molecule has 0 radical (unpaired) electrons. The summed E-state index contributed by atoms with van der Waals surface area (Å²) in [5.41, 5.74) is 2.47. The summed E-state index contributed by atoms with van der Waals surface area (Å²) in [5.74, 6) is 0.430.